The number of amides is 1. The highest BCUT2D eigenvalue weighted by Gasteiger charge is 2.26. The second-order valence-electron chi connectivity index (χ2n) is 3.49. The topological polar surface area (TPSA) is 50.9 Å². The van der Waals surface area contributed by atoms with Gasteiger partial charge < -0.3 is 14.8 Å². The number of carbonyl (C=O) groups excluding carboxylic acids is 1. The summed E-state index contributed by atoms with van der Waals surface area (Å²) >= 11 is 0. The summed E-state index contributed by atoms with van der Waals surface area (Å²) in [4.78, 5) is 11.0. The van der Waals surface area contributed by atoms with Crippen LogP contribution in [0.2, 0.25) is 0 Å². The fourth-order valence-corrected chi connectivity index (χ4v) is 0.670. The van der Waals surface area contributed by atoms with E-state index in [0.717, 1.165) is 6.61 Å². The summed E-state index contributed by atoms with van der Waals surface area (Å²) in [6, 6.07) is 0. The van der Waals surface area contributed by atoms with E-state index in [2.05, 4.69) is 12.2 Å². The highest BCUT2D eigenvalue weighted by atomic mass is 16.6. The van der Waals surface area contributed by atoms with Crippen LogP contribution in [0.1, 0.15) is 13.8 Å². The van der Waals surface area contributed by atoms with E-state index in [4.69, 9.17) is 9.47 Å². The Labute approximate surface area is 72.2 Å². The minimum absolute atomic E-state index is 0.186. The summed E-state index contributed by atoms with van der Waals surface area (Å²) in [6.07, 6.45) is -0.254. The number of epoxide rings is 1. The van der Waals surface area contributed by atoms with Crippen LogP contribution in [0.5, 0.6) is 0 Å². The van der Waals surface area contributed by atoms with Crippen molar-refractivity contribution < 1.29 is 14.3 Å². The van der Waals surface area contributed by atoms with Crippen LogP contribution in [0.25, 0.3) is 0 Å². The Hall–Kier alpha value is -0.900. The molecule has 68 valence electrons. The average Bonchev–Trinajstić information content (AvgIpc) is 2.61. The fourth-order valence-electron chi connectivity index (χ4n) is 0.670. The SMILES string of the molecule is [CH2+]C(C)(C)OC(=O)NC[C@@H]1CO1. The molecule has 4 nitrogen and oxygen atoms in total. The van der Waals surface area contributed by atoms with Crippen molar-refractivity contribution in [3.63, 3.8) is 0 Å². The summed E-state index contributed by atoms with van der Waals surface area (Å²) in [5.74, 6) is 0. The van der Waals surface area contributed by atoms with Gasteiger partial charge in [0.15, 0.2) is 0 Å². The van der Waals surface area contributed by atoms with Gasteiger partial charge >= 0.3 is 6.09 Å². The van der Waals surface area contributed by atoms with Crippen molar-refractivity contribution in [3.8, 4) is 0 Å². The van der Waals surface area contributed by atoms with Gasteiger partial charge in [-0.2, -0.15) is 0 Å². The molecule has 1 N–H and O–H groups in total. The third-order valence-corrected chi connectivity index (χ3v) is 1.25. The lowest BCUT2D eigenvalue weighted by molar-refractivity contribution is 0.0699. The largest absolute Gasteiger partial charge is 0.411 e. The molecule has 0 spiro atoms. The van der Waals surface area contributed by atoms with Crippen LogP contribution in [-0.4, -0.2) is 30.9 Å². The second kappa shape index (κ2) is 3.23. The zero-order valence-corrected chi connectivity index (χ0v) is 7.42. The molecule has 1 heterocycles. The summed E-state index contributed by atoms with van der Waals surface area (Å²) in [5, 5.41) is 2.57. The maximum Gasteiger partial charge on any atom is 0.411 e. The molecule has 0 aromatic heterocycles. The molecule has 1 fully saturated rings. The molecule has 1 saturated heterocycles. The summed E-state index contributed by atoms with van der Waals surface area (Å²) < 4.78 is 9.80. The van der Waals surface area contributed by atoms with Crippen molar-refractivity contribution in [2.45, 2.75) is 25.6 Å². The predicted molar refractivity (Wildman–Crippen MR) is 43.7 cm³/mol. The van der Waals surface area contributed by atoms with Crippen molar-refractivity contribution in [1.29, 1.82) is 0 Å². The molecule has 0 aromatic carbocycles. The van der Waals surface area contributed by atoms with Gasteiger partial charge in [0.25, 0.3) is 0 Å². The first-order chi connectivity index (χ1) is 5.47. The molecular weight excluding hydrogens is 158 g/mol. The first-order valence-electron chi connectivity index (χ1n) is 3.91. The molecule has 1 atom stereocenters. The Kier molecular flexibility index (Phi) is 2.47. The maximum atomic E-state index is 11.0. The van der Waals surface area contributed by atoms with Gasteiger partial charge in [0, 0.05) is 20.4 Å². The molecule has 0 radical (unpaired) electrons. The summed E-state index contributed by atoms with van der Waals surface area (Å²) in [6.45, 7) is 8.34. The summed E-state index contributed by atoms with van der Waals surface area (Å²) in [5.41, 5.74) is -0.672. The zero-order chi connectivity index (χ0) is 9.19. The molecule has 0 saturated carbocycles. The lowest BCUT2D eigenvalue weighted by Crippen LogP contribution is -2.34. The van der Waals surface area contributed by atoms with E-state index >= 15 is 0 Å². The Morgan fingerprint density at radius 1 is 1.83 bits per heavy atom. The molecule has 0 unspecified atom stereocenters. The molecule has 1 aliphatic heterocycles. The number of alkyl carbamates (subject to hydrolysis) is 1. The molecular formula is C8H14NO3+. The van der Waals surface area contributed by atoms with Crippen molar-refractivity contribution in [1.82, 2.24) is 5.32 Å². The number of ether oxygens (including phenoxy) is 2. The van der Waals surface area contributed by atoms with Gasteiger partial charge in [-0.25, -0.2) is 4.79 Å². The fraction of sp³-hybridized carbons (Fsp3) is 0.750. The third-order valence-electron chi connectivity index (χ3n) is 1.25. The molecule has 12 heavy (non-hydrogen) atoms. The van der Waals surface area contributed by atoms with Gasteiger partial charge in [-0.3, -0.25) is 0 Å². The van der Waals surface area contributed by atoms with E-state index in [1.54, 1.807) is 13.8 Å². The van der Waals surface area contributed by atoms with Crippen molar-refractivity contribution in [2.75, 3.05) is 13.2 Å². The highest BCUT2D eigenvalue weighted by Crippen LogP contribution is 2.08. The maximum absolute atomic E-state index is 11.0. The van der Waals surface area contributed by atoms with E-state index in [0.29, 0.717) is 6.54 Å². The van der Waals surface area contributed by atoms with E-state index in [9.17, 15) is 4.79 Å². The number of hydrogen-bond donors (Lipinski definition) is 1. The Morgan fingerprint density at radius 3 is 2.83 bits per heavy atom. The van der Waals surface area contributed by atoms with Crippen LogP contribution in [0, 0.1) is 6.92 Å². The number of hydrogen-bond acceptors (Lipinski definition) is 3. The van der Waals surface area contributed by atoms with Gasteiger partial charge in [0.2, 0.25) is 5.60 Å². The number of nitrogens with one attached hydrogen (secondary N) is 1. The molecule has 0 bridgehead atoms. The Bertz CT molecular complexity index is 170. The molecule has 0 aromatic rings. The van der Waals surface area contributed by atoms with Crippen molar-refractivity contribution in [2.24, 2.45) is 0 Å². The minimum Gasteiger partial charge on any atom is -0.403 e. The molecule has 1 amide bonds. The molecule has 1 rings (SSSR count). The van der Waals surface area contributed by atoms with Crippen LogP contribution in [-0.2, 0) is 9.47 Å². The third kappa shape index (κ3) is 4.08. The Morgan fingerprint density at radius 2 is 2.42 bits per heavy atom. The molecule has 1 aliphatic rings. The van der Waals surface area contributed by atoms with Crippen LogP contribution >= 0.6 is 0 Å². The zero-order valence-electron chi connectivity index (χ0n) is 7.42. The van der Waals surface area contributed by atoms with E-state index < -0.39 is 11.7 Å². The van der Waals surface area contributed by atoms with Gasteiger partial charge in [-0.05, 0) is 0 Å². The van der Waals surface area contributed by atoms with Crippen molar-refractivity contribution >= 4 is 6.09 Å². The summed E-state index contributed by atoms with van der Waals surface area (Å²) in [7, 11) is 0. The quantitative estimate of drug-likeness (QED) is 0.504. The molecule has 4 heteroatoms. The number of carbonyl (C=O) groups is 1. The smallest absolute Gasteiger partial charge is 0.403 e. The second-order valence-corrected chi connectivity index (χ2v) is 3.49. The minimum atomic E-state index is -0.672. The van der Waals surface area contributed by atoms with Crippen LogP contribution in [0.3, 0.4) is 0 Å². The lowest BCUT2D eigenvalue weighted by Gasteiger charge is -2.12. The standard InChI is InChI=1S/C8H13NO3/c1-8(2,3)12-7(10)9-4-6-5-11-6/h6H,1,4-5H2,2-3H3/p+1/t6-/m1/s1. The van der Waals surface area contributed by atoms with Gasteiger partial charge in [0.05, 0.1) is 12.7 Å². The normalized spacial score (nSPS) is 21.7. The monoisotopic (exact) mass is 172 g/mol. The highest BCUT2D eigenvalue weighted by molar-refractivity contribution is 5.67. The van der Waals surface area contributed by atoms with Crippen molar-refractivity contribution in [3.05, 3.63) is 6.92 Å². The van der Waals surface area contributed by atoms with Gasteiger partial charge in [0.1, 0.15) is 6.92 Å². The van der Waals surface area contributed by atoms with Crippen LogP contribution in [0.4, 0.5) is 4.79 Å². The lowest BCUT2D eigenvalue weighted by atomic mass is 10.2. The van der Waals surface area contributed by atoms with Crippen LogP contribution in [0.15, 0.2) is 0 Å². The molecule has 0 aliphatic carbocycles. The van der Waals surface area contributed by atoms with E-state index in [-0.39, 0.29) is 6.10 Å². The number of rotatable bonds is 3. The van der Waals surface area contributed by atoms with Crippen LogP contribution < -0.4 is 5.32 Å². The average molecular weight is 172 g/mol. The predicted octanol–water partition coefficient (Wildman–Crippen LogP) is 0.724. The Balaban J connectivity index is 2.10. The van der Waals surface area contributed by atoms with E-state index in [1.807, 2.05) is 0 Å². The van der Waals surface area contributed by atoms with E-state index in [1.165, 1.54) is 0 Å². The first kappa shape index (κ1) is 9.19. The van der Waals surface area contributed by atoms with Gasteiger partial charge in [-0.1, -0.05) is 0 Å². The first-order valence-corrected chi connectivity index (χ1v) is 3.91. The van der Waals surface area contributed by atoms with Gasteiger partial charge in [-0.15, -0.1) is 0 Å².